The zero-order valence-electron chi connectivity index (χ0n) is 13.1. The van der Waals surface area contributed by atoms with Gasteiger partial charge in [-0.25, -0.2) is 4.79 Å². The second-order valence-electron chi connectivity index (χ2n) is 5.90. The van der Waals surface area contributed by atoms with Crippen LogP contribution in [0.3, 0.4) is 0 Å². The van der Waals surface area contributed by atoms with Gasteiger partial charge >= 0.3 is 12.2 Å². The molecule has 5 nitrogen and oxygen atoms in total. The smallest absolute Gasteiger partial charge is 0.390 e. The molecule has 0 unspecified atom stereocenters. The van der Waals surface area contributed by atoms with E-state index in [-0.39, 0.29) is 12.6 Å². The minimum Gasteiger partial charge on any atom is -0.486 e. The topological polar surface area (TPSA) is 50.8 Å². The Hall–Kier alpha value is -2.12. The third-order valence-electron chi connectivity index (χ3n) is 4.22. The van der Waals surface area contributed by atoms with E-state index in [1.165, 1.54) is 4.90 Å². The second kappa shape index (κ2) is 6.78. The highest BCUT2D eigenvalue weighted by molar-refractivity contribution is 5.92. The van der Waals surface area contributed by atoms with Crippen LogP contribution >= 0.6 is 0 Å². The van der Waals surface area contributed by atoms with Crippen molar-refractivity contribution in [1.29, 1.82) is 0 Å². The second-order valence-corrected chi connectivity index (χ2v) is 5.90. The van der Waals surface area contributed by atoms with Gasteiger partial charge in [0.05, 0.1) is 12.1 Å². The van der Waals surface area contributed by atoms with Gasteiger partial charge in [-0.05, 0) is 31.4 Å². The van der Waals surface area contributed by atoms with E-state index in [9.17, 15) is 18.0 Å². The van der Waals surface area contributed by atoms with E-state index in [0.717, 1.165) is 19.3 Å². The predicted octanol–water partition coefficient (Wildman–Crippen LogP) is 3.80. The van der Waals surface area contributed by atoms with Gasteiger partial charge in [0.15, 0.2) is 11.5 Å². The van der Waals surface area contributed by atoms with E-state index in [2.05, 4.69) is 5.32 Å². The molecule has 1 N–H and O–H groups in total. The number of urea groups is 1. The highest BCUT2D eigenvalue weighted by Crippen LogP contribution is 2.38. The van der Waals surface area contributed by atoms with Crippen LogP contribution in [0.4, 0.5) is 23.7 Å². The highest BCUT2D eigenvalue weighted by atomic mass is 19.4. The lowest BCUT2D eigenvalue weighted by molar-refractivity contribution is -0.137. The molecule has 2 aliphatic rings. The van der Waals surface area contributed by atoms with Crippen LogP contribution in [0.25, 0.3) is 0 Å². The van der Waals surface area contributed by atoms with E-state index in [1.807, 2.05) is 0 Å². The fourth-order valence-corrected chi connectivity index (χ4v) is 2.75. The predicted molar refractivity (Wildman–Crippen MR) is 81.5 cm³/mol. The third-order valence-corrected chi connectivity index (χ3v) is 4.22. The summed E-state index contributed by atoms with van der Waals surface area (Å²) in [6, 6.07) is 4.40. The van der Waals surface area contributed by atoms with Crippen LogP contribution < -0.4 is 14.8 Å². The maximum Gasteiger partial charge on any atom is 0.390 e. The molecule has 1 aliphatic heterocycles. The Morgan fingerprint density at radius 2 is 2.00 bits per heavy atom. The van der Waals surface area contributed by atoms with Gasteiger partial charge in [0.2, 0.25) is 0 Å². The molecule has 1 fully saturated rings. The number of alkyl halides is 3. The lowest BCUT2D eigenvalue weighted by Crippen LogP contribution is -2.47. The molecular formula is C16H19F3N2O3. The van der Waals surface area contributed by atoms with E-state index >= 15 is 0 Å². The number of carbonyl (C=O) groups is 1. The normalized spacial score (nSPS) is 17.1. The number of fused-ring (bicyclic) bond motifs is 1. The Bertz CT molecular complexity index is 603. The van der Waals surface area contributed by atoms with E-state index in [1.54, 1.807) is 18.2 Å². The van der Waals surface area contributed by atoms with Gasteiger partial charge in [0, 0.05) is 12.6 Å². The summed E-state index contributed by atoms with van der Waals surface area (Å²) in [5, 5.41) is 2.67. The number of halogens is 3. The summed E-state index contributed by atoms with van der Waals surface area (Å²) in [6.45, 7) is 0.441. The van der Waals surface area contributed by atoms with Crippen LogP contribution in [-0.2, 0) is 0 Å². The Morgan fingerprint density at radius 1 is 1.25 bits per heavy atom. The first kappa shape index (κ1) is 16.7. The van der Waals surface area contributed by atoms with Gasteiger partial charge in [-0.2, -0.15) is 13.2 Å². The summed E-state index contributed by atoms with van der Waals surface area (Å²) in [7, 11) is 0. The van der Waals surface area contributed by atoms with Gasteiger partial charge in [-0.3, -0.25) is 0 Å². The average Bonchev–Trinajstić information content (AvgIpc) is 2.48. The molecule has 1 saturated carbocycles. The number of amides is 2. The number of hydrogen-bond donors (Lipinski definition) is 1. The maximum absolute atomic E-state index is 12.5. The summed E-state index contributed by atoms with van der Waals surface area (Å²) in [4.78, 5) is 13.8. The maximum atomic E-state index is 12.5. The lowest BCUT2D eigenvalue weighted by atomic mass is 9.91. The SMILES string of the molecule is O=C(Nc1cccc2c1OCCO2)N(CCC(F)(F)F)C1CCC1. The van der Waals surface area contributed by atoms with Crippen LogP contribution in [0.5, 0.6) is 11.5 Å². The minimum atomic E-state index is -4.29. The van der Waals surface area contributed by atoms with Crippen molar-refractivity contribution in [2.45, 2.75) is 37.9 Å². The molecule has 0 radical (unpaired) electrons. The number of carbonyl (C=O) groups excluding carboxylic acids is 1. The summed E-state index contributed by atoms with van der Waals surface area (Å²) in [5.74, 6) is 0.936. The van der Waals surface area contributed by atoms with Crippen molar-refractivity contribution in [2.24, 2.45) is 0 Å². The van der Waals surface area contributed by atoms with Gasteiger partial charge in [-0.1, -0.05) is 6.07 Å². The molecule has 8 heteroatoms. The molecule has 3 rings (SSSR count). The van der Waals surface area contributed by atoms with Crippen LogP contribution in [-0.4, -0.2) is 42.9 Å². The average molecular weight is 344 g/mol. The molecule has 0 spiro atoms. The first-order valence-electron chi connectivity index (χ1n) is 7.97. The fourth-order valence-electron chi connectivity index (χ4n) is 2.75. The molecule has 0 aromatic heterocycles. The molecule has 0 saturated heterocycles. The zero-order valence-corrected chi connectivity index (χ0v) is 13.1. The first-order valence-corrected chi connectivity index (χ1v) is 7.97. The van der Waals surface area contributed by atoms with Gasteiger partial charge in [0.25, 0.3) is 0 Å². The zero-order chi connectivity index (χ0) is 17.2. The molecule has 1 heterocycles. The molecule has 1 aliphatic carbocycles. The largest absolute Gasteiger partial charge is 0.486 e. The van der Waals surface area contributed by atoms with Crippen molar-refractivity contribution in [3.8, 4) is 11.5 Å². The van der Waals surface area contributed by atoms with Crippen molar-refractivity contribution in [3.05, 3.63) is 18.2 Å². The Labute approximate surface area is 137 Å². The number of ether oxygens (including phenoxy) is 2. The van der Waals surface area contributed by atoms with Crippen LogP contribution in [0.15, 0.2) is 18.2 Å². The summed E-state index contributed by atoms with van der Waals surface area (Å²) < 4.78 is 48.5. The van der Waals surface area contributed by atoms with Crippen molar-refractivity contribution < 1.29 is 27.4 Å². The van der Waals surface area contributed by atoms with Crippen molar-refractivity contribution in [2.75, 3.05) is 25.1 Å². The van der Waals surface area contributed by atoms with Gasteiger partial charge in [-0.15, -0.1) is 0 Å². The molecule has 1 aromatic carbocycles. The van der Waals surface area contributed by atoms with Crippen LogP contribution in [0.1, 0.15) is 25.7 Å². The Balaban J connectivity index is 1.71. The summed E-state index contributed by atoms with van der Waals surface area (Å²) >= 11 is 0. The molecule has 0 atom stereocenters. The number of nitrogens with one attached hydrogen (secondary N) is 1. The molecule has 24 heavy (non-hydrogen) atoms. The molecular weight excluding hydrogens is 325 g/mol. The van der Waals surface area contributed by atoms with Crippen molar-refractivity contribution in [1.82, 2.24) is 4.90 Å². The van der Waals surface area contributed by atoms with Crippen molar-refractivity contribution >= 4 is 11.7 Å². The quantitative estimate of drug-likeness (QED) is 0.904. The first-order chi connectivity index (χ1) is 11.4. The number of benzene rings is 1. The highest BCUT2D eigenvalue weighted by Gasteiger charge is 2.34. The summed E-state index contributed by atoms with van der Waals surface area (Å²) in [5.41, 5.74) is 0.411. The fraction of sp³-hybridized carbons (Fsp3) is 0.562. The molecule has 132 valence electrons. The molecule has 0 bridgehead atoms. The Morgan fingerprint density at radius 3 is 2.67 bits per heavy atom. The standard InChI is InChI=1S/C16H19F3N2O3/c17-16(18,19)7-8-21(11-3-1-4-11)15(22)20-12-5-2-6-13-14(12)24-10-9-23-13/h2,5-6,11H,1,3-4,7-10H2,(H,20,22). The number of hydrogen-bond acceptors (Lipinski definition) is 3. The minimum absolute atomic E-state index is 0.135. The molecule has 1 aromatic rings. The van der Waals surface area contributed by atoms with Crippen LogP contribution in [0, 0.1) is 0 Å². The number of nitrogens with zero attached hydrogens (tertiary/aromatic N) is 1. The molecule has 2 amide bonds. The number of rotatable bonds is 4. The summed E-state index contributed by atoms with van der Waals surface area (Å²) in [6.07, 6.45) is -2.90. The number of anilines is 1. The number of para-hydroxylation sites is 1. The van der Waals surface area contributed by atoms with Crippen LogP contribution in [0.2, 0.25) is 0 Å². The van der Waals surface area contributed by atoms with E-state index < -0.39 is 18.6 Å². The third kappa shape index (κ3) is 3.85. The van der Waals surface area contributed by atoms with Gasteiger partial charge in [0.1, 0.15) is 13.2 Å². The van der Waals surface area contributed by atoms with E-state index in [0.29, 0.717) is 30.4 Å². The van der Waals surface area contributed by atoms with Gasteiger partial charge < -0.3 is 19.7 Å². The Kier molecular flexibility index (Phi) is 4.73. The van der Waals surface area contributed by atoms with Crippen molar-refractivity contribution in [3.63, 3.8) is 0 Å². The lowest BCUT2D eigenvalue weighted by Gasteiger charge is -2.37. The van der Waals surface area contributed by atoms with E-state index in [4.69, 9.17) is 9.47 Å². The monoisotopic (exact) mass is 344 g/mol.